The van der Waals surface area contributed by atoms with Gasteiger partial charge in [-0.15, -0.1) is 11.3 Å². The summed E-state index contributed by atoms with van der Waals surface area (Å²) in [4.78, 5) is 42.1. The summed E-state index contributed by atoms with van der Waals surface area (Å²) < 4.78 is 1.42. The highest BCUT2D eigenvalue weighted by atomic mass is 32.1. The average Bonchev–Trinajstić information content (AvgIpc) is 3.07. The largest absolute Gasteiger partial charge is 0.477 e. The van der Waals surface area contributed by atoms with E-state index in [1.807, 2.05) is 6.07 Å². The minimum absolute atomic E-state index is 0.0512. The highest BCUT2D eigenvalue weighted by Crippen LogP contribution is 2.33. The molecule has 1 N–H and O–H groups in total. The van der Waals surface area contributed by atoms with Gasteiger partial charge in [0.05, 0.1) is 11.3 Å². The maximum atomic E-state index is 13.1. The van der Waals surface area contributed by atoms with Crippen LogP contribution in [0.25, 0.3) is 15.9 Å². The van der Waals surface area contributed by atoms with Crippen LogP contribution in [-0.4, -0.2) is 26.4 Å². The Morgan fingerprint density at radius 1 is 1.00 bits per heavy atom. The van der Waals surface area contributed by atoms with E-state index in [4.69, 9.17) is 0 Å². The van der Waals surface area contributed by atoms with E-state index in [2.05, 4.69) is 4.98 Å². The Hall–Kier alpha value is -3.58. The third-order valence-corrected chi connectivity index (χ3v) is 5.48. The van der Waals surface area contributed by atoms with Crippen molar-refractivity contribution in [2.45, 2.75) is 6.92 Å². The number of carbonyl (C=O) groups is 2. The van der Waals surface area contributed by atoms with Crippen molar-refractivity contribution in [3.63, 3.8) is 0 Å². The summed E-state index contributed by atoms with van der Waals surface area (Å²) in [5.41, 5.74) is 1.17. The maximum absolute atomic E-state index is 13.1. The first kappa shape index (κ1) is 17.8. The lowest BCUT2D eigenvalue weighted by Gasteiger charge is -2.07. The van der Waals surface area contributed by atoms with Gasteiger partial charge in [0, 0.05) is 17.1 Å². The lowest BCUT2D eigenvalue weighted by Crippen LogP contribution is -2.16. The Bertz CT molecular complexity index is 1290. The summed E-state index contributed by atoms with van der Waals surface area (Å²) in [6, 6.07) is 16.8. The molecule has 0 saturated carbocycles. The van der Waals surface area contributed by atoms with Crippen molar-refractivity contribution in [1.82, 2.24) is 9.55 Å². The van der Waals surface area contributed by atoms with E-state index < -0.39 is 11.8 Å². The molecule has 0 aliphatic rings. The zero-order valence-corrected chi connectivity index (χ0v) is 15.6. The van der Waals surface area contributed by atoms with E-state index in [-0.39, 0.29) is 21.7 Å². The Morgan fingerprint density at radius 3 is 2.43 bits per heavy atom. The predicted molar refractivity (Wildman–Crippen MR) is 107 cm³/mol. The fraction of sp³-hybridized carbons (Fsp3) is 0.0476. The molecule has 0 bridgehead atoms. The number of benzene rings is 1. The predicted octanol–water partition coefficient (Wildman–Crippen LogP) is 3.68. The number of para-hydroxylation sites is 1. The van der Waals surface area contributed by atoms with Gasteiger partial charge in [-0.25, -0.2) is 9.78 Å². The number of rotatable bonds is 4. The van der Waals surface area contributed by atoms with Crippen molar-refractivity contribution < 1.29 is 14.7 Å². The first-order valence-electron chi connectivity index (χ1n) is 8.43. The summed E-state index contributed by atoms with van der Waals surface area (Å²) in [5.74, 6) is -1.70. The van der Waals surface area contributed by atoms with Crippen LogP contribution in [0.5, 0.6) is 0 Å². The first-order chi connectivity index (χ1) is 13.5. The maximum Gasteiger partial charge on any atom is 0.346 e. The third kappa shape index (κ3) is 2.91. The Balaban J connectivity index is 2.04. The number of carbonyl (C=O) groups excluding carboxylic acids is 1. The van der Waals surface area contributed by atoms with Crippen LogP contribution < -0.4 is 5.56 Å². The minimum Gasteiger partial charge on any atom is -0.477 e. The highest BCUT2D eigenvalue weighted by molar-refractivity contribution is 7.21. The number of thiophene rings is 1. The van der Waals surface area contributed by atoms with Gasteiger partial charge in [-0.2, -0.15) is 0 Å². The molecule has 138 valence electrons. The molecule has 3 aromatic heterocycles. The van der Waals surface area contributed by atoms with Crippen LogP contribution in [0.4, 0.5) is 0 Å². The molecule has 0 saturated heterocycles. The highest BCUT2D eigenvalue weighted by Gasteiger charge is 2.27. The molecule has 28 heavy (non-hydrogen) atoms. The number of hydrogen-bond donors (Lipinski definition) is 1. The fourth-order valence-electron chi connectivity index (χ4n) is 3.08. The van der Waals surface area contributed by atoms with Gasteiger partial charge in [-0.05, 0) is 37.3 Å². The topological polar surface area (TPSA) is 89.3 Å². The number of carboxylic acids is 1. The molecule has 0 spiro atoms. The minimum atomic E-state index is -1.22. The molecule has 6 nitrogen and oxygen atoms in total. The van der Waals surface area contributed by atoms with E-state index in [1.165, 1.54) is 16.7 Å². The van der Waals surface area contributed by atoms with Crippen molar-refractivity contribution in [1.29, 1.82) is 0 Å². The second kappa shape index (κ2) is 6.86. The lowest BCUT2D eigenvalue weighted by molar-refractivity contribution is 0.0698. The van der Waals surface area contributed by atoms with Gasteiger partial charge in [0.1, 0.15) is 15.4 Å². The summed E-state index contributed by atoms with van der Waals surface area (Å²) in [6.45, 7) is 1.76. The van der Waals surface area contributed by atoms with Crippen LogP contribution in [0.15, 0.2) is 65.5 Å². The molecule has 0 atom stereocenters. The van der Waals surface area contributed by atoms with Gasteiger partial charge in [0.25, 0.3) is 5.56 Å². The first-order valence-corrected chi connectivity index (χ1v) is 9.24. The van der Waals surface area contributed by atoms with Crippen LogP contribution >= 0.6 is 11.3 Å². The van der Waals surface area contributed by atoms with Gasteiger partial charge in [0.2, 0.25) is 5.78 Å². The number of aryl methyl sites for hydroxylation is 1. The molecule has 7 heteroatoms. The van der Waals surface area contributed by atoms with Crippen LogP contribution in [0.1, 0.15) is 31.4 Å². The normalized spacial score (nSPS) is 10.9. The van der Waals surface area contributed by atoms with E-state index in [0.717, 1.165) is 11.3 Å². The van der Waals surface area contributed by atoms with Crippen LogP contribution in [-0.2, 0) is 0 Å². The van der Waals surface area contributed by atoms with Crippen molar-refractivity contribution >= 4 is 33.3 Å². The molecular formula is C21H14N2O4S. The molecule has 0 radical (unpaired) electrons. The van der Waals surface area contributed by atoms with E-state index >= 15 is 0 Å². The molecular weight excluding hydrogens is 376 g/mol. The van der Waals surface area contributed by atoms with Crippen LogP contribution in [0.3, 0.4) is 0 Å². The zero-order chi connectivity index (χ0) is 19.8. The molecule has 0 unspecified atom stereocenters. The Labute approximate surface area is 163 Å². The van der Waals surface area contributed by atoms with Crippen LogP contribution in [0, 0.1) is 6.92 Å². The number of nitrogens with zero attached hydrogens (tertiary/aromatic N) is 2. The average molecular weight is 390 g/mol. The fourth-order valence-corrected chi connectivity index (χ4v) is 4.23. The SMILES string of the molecule is Cc1cccc(C(=O)c2c(C(=O)O)sc3c2ccc(=O)n3-c2ccccc2)n1. The number of ketones is 1. The summed E-state index contributed by atoms with van der Waals surface area (Å²) in [6.07, 6.45) is 0. The number of aromatic carboxylic acids is 1. The molecule has 1 aromatic carbocycles. The second-order valence-electron chi connectivity index (χ2n) is 6.17. The standard InChI is InChI=1S/C21H14N2O4S/c1-12-6-5-9-15(22-12)18(25)17-14-10-11-16(24)23(13-7-3-2-4-8-13)20(14)28-19(17)21(26)27/h2-11H,1H3,(H,26,27). The molecule has 0 aliphatic heterocycles. The van der Waals surface area contributed by atoms with E-state index in [0.29, 0.717) is 21.6 Å². The van der Waals surface area contributed by atoms with Crippen molar-refractivity contribution in [3.8, 4) is 5.69 Å². The monoisotopic (exact) mass is 390 g/mol. The number of carboxylic acid groups (broad SMARTS) is 1. The zero-order valence-electron chi connectivity index (χ0n) is 14.7. The van der Waals surface area contributed by atoms with Gasteiger partial charge in [0.15, 0.2) is 0 Å². The van der Waals surface area contributed by atoms with Gasteiger partial charge in [-0.1, -0.05) is 24.3 Å². The number of fused-ring (bicyclic) bond motifs is 1. The third-order valence-electron chi connectivity index (χ3n) is 4.30. The molecule has 4 aromatic rings. The Morgan fingerprint density at radius 2 is 1.75 bits per heavy atom. The smallest absolute Gasteiger partial charge is 0.346 e. The number of hydrogen-bond acceptors (Lipinski definition) is 5. The molecule has 4 rings (SSSR count). The van der Waals surface area contributed by atoms with Crippen molar-refractivity contribution in [3.05, 3.63) is 92.8 Å². The van der Waals surface area contributed by atoms with Crippen molar-refractivity contribution in [2.75, 3.05) is 0 Å². The van der Waals surface area contributed by atoms with Gasteiger partial charge in [-0.3, -0.25) is 14.2 Å². The van der Waals surface area contributed by atoms with E-state index in [9.17, 15) is 19.5 Å². The molecule has 0 fully saturated rings. The molecule has 0 aliphatic carbocycles. The van der Waals surface area contributed by atoms with Gasteiger partial charge >= 0.3 is 5.97 Å². The summed E-state index contributed by atoms with van der Waals surface area (Å²) >= 11 is 0.910. The number of aromatic nitrogens is 2. The summed E-state index contributed by atoms with van der Waals surface area (Å²) in [5, 5.41) is 10.1. The van der Waals surface area contributed by atoms with Crippen LogP contribution in [0.2, 0.25) is 0 Å². The number of pyridine rings is 2. The van der Waals surface area contributed by atoms with E-state index in [1.54, 1.807) is 49.4 Å². The quantitative estimate of drug-likeness (QED) is 0.537. The van der Waals surface area contributed by atoms with Gasteiger partial charge < -0.3 is 5.11 Å². The second-order valence-corrected chi connectivity index (χ2v) is 7.17. The molecule has 3 heterocycles. The lowest BCUT2D eigenvalue weighted by atomic mass is 10.0. The van der Waals surface area contributed by atoms with Crippen molar-refractivity contribution in [2.24, 2.45) is 0 Å². The molecule has 0 amide bonds. The Kier molecular flexibility index (Phi) is 4.37. The summed E-state index contributed by atoms with van der Waals surface area (Å²) in [7, 11) is 0.